The molecule has 0 spiro atoms. The average molecular weight is 447 g/mol. The molecule has 33 heavy (non-hydrogen) atoms. The van der Waals surface area contributed by atoms with Crippen molar-refractivity contribution in [2.45, 2.75) is 38.0 Å². The van der Waals surface area contributed by atoms with E-state index in [0.717, 1.165) is 22.4 Å². The number of nitriles is 1. The average Bonchev–Trinajstić information content (AvgIpc) is 3.32. The van der Waals surface area contributed by atoms with Crippen molar-refractivity contribution >= 4 is 17.8 Å². The fourth-order valence-corrected chi connectivity index (χ4v) is 4.17. The molecule has 2 aliphatic heterocycles. The van der Waals surface area contributed by atoms with Crippen LogP contribution in [-0.2, 0) is 11.3 Å². The number of nitrogens with zero attached hydrogens (tertiary/aromatic N) is 4. The van der Waals surface area contributed by atoms with E-state index in [-0.39, 0.29) is 5.82 Å². The van der Waals surface area contributed by atoms with Crippen LogP contribution in [0.5, 0.6) is 0 Å². The van der Waals surface area contributed by atoms with Gasteiger partial charge in [0.1, 0.15) is 30.2 Å². The highest BCUT2D eigenvalue weighted by Gasteiger charge is 2.42. The maximum Gasteiger partial charge on any atom is 0.164 e. The van der Waals surface area contributed by atoms with E-state index in [0.29, 0.717) is 17.9 Å². The number of hydrazine groups is 1. The van der Waals surface area contributed by atoms with Gasteiger partial charge in [0.05, 0.1) is 30.0 Å². The number of anilines is 1. The number of hydrogen-bond acceptors (Lipinski definition) is 7. The first kappa shape index (κ1) is 21.2. The third-order valence-corrected chi connectivity index (χ3v) is 5.95. The van der Waals surface area contributed by atoms with Gasteiger partial charge in [-0.3, -0.25) is 10.4 Å². The molecule has 4 atom stereocenters. The molecule has 3 aromatic rings. The molecule has 0 amide bonds. The Bertz CT molecular complexity index is 1230. The van der Waals surface area contributed by atoms with Crippen molar-refractivity contribution in [3.05, 3.63) is 71.7 Å². The number of aliphatic hydroxyl groups is 2. The van der Waals surface area contributed by atoms with Crippen LogP contribution in [0.25, 0.3) is 11.1 Å². The van der Waals surface area contributed by atoms with Gasteiger partial charge in [0.15, 0.2) is 6.23 Å². The van der Waals surface area contributed by atoms with Gasteiger partial charge in [0.25, 0.3) is 0 Å². The van der Waals surface area contributed by atoms with E-state index in [2.05, 4.69) is 16.5 Å². The van der Waals surface area contributed by atoms with E-state index < -0.39 is 24.5 Å². The maximum absolute atomic E-state index is 13.5. The summed E-state index contributed by atoms with van der Waals surface area (Å²) >= 11 is 0. The van der Waals surface area contributed by atoms with Gasteiger partial charge >= 0.3 is 0 Å². The van der Waals surface area contributed by atoms with Crippen LogP contribution in [0.1, 0.15) is 24.3 Å². The van der Waals surface area contributed by atoms with Gasteiger partial charge in [-0.25, -0.2) is 9.38 Å². The fraction of sp³-hybridized carbons (Fsp3) is 0.250. The molecule has 1 fully saturated rings. The number of aliphatic hydroxyl groups excluding tert-OH is 2. The molecule has 3 N–H and O–H groups in total. The summed E-state index contributed by atoms with van der Waals surface area (Å²) in [6.45, 7) is 2.14. The first-order valence-corrected chi connectivity index (χ1v) is 10.5. The Balaban J connectivity index is 1.51. The molecule has 0 bridgehead atoms. The largest absolute Gasteiger partial charge is 0.388 e. The molecule has 2 aliphatic rings. The lowest BCUT2D eigenvalue weighted by Crippen LogP contribution is -2.31. The van der Waals surface area contributed by atoms with Crippen molar-refractivity contribution in [1.82, 2.24) is 9.58 Å². The molecule has 0 saturated carbocycles. The lowest BCUT2D eigenvalue weighted by atomic mass is 10.0. The van der Waals surface area contributed by atoms with Gasteiger partial charge < -0.3 is 19.5 Å². The molecule has 1 aromatic heterocycles. The number of aliphatic imine (C=N–C) groups is 1. The number of halogens is 1. The SMILES string of the molecule is C[C@H]1O[C@@H](n2cc(-c3ccc(F)cc3)c3c2N=CN(Nc2ccc(C#N)cc2)C3)[C@H](O)[C@@H]1O. The topological polar surface area (TPSA) is 106 Å². The highest BCUT2D eigenvalue weighted by atomic mass is 19.1. The Labute approximate surface area is 189 Å². The van der Waals surface area contributed by atoms with Crippen molar-refractivity contribution in [2.24, 2.45) is 4.99 Å². The third-order valence-electron chi connectivity index (χ3n) is 5.95. The van der Waals surface area contributed by atoms with Crippen molar-refractivity contribution in [3.63, 3.8) is 0 Å². The summed E-state index contributed by atoms with van der Waals surface area (Å²) in [7, 11) is 0. The molecule has 1 saturated heterocycles. The second-order valence-corrected chi connectivity index (χ2v) is 8.15. The molecular weight excluding hydrogens is 425 g/mol. The van der Waals surface area contributed by atoms with Gasteiger partial charge in [0.2, 0.25) is 0 Å². The normalized spacial score (nSPS) is 23.9. The predicted molar refractivity (Wildman–Crippen MR) is 120 cm³/mol. The number of hydrogen-bond donors (Lipinski definition) is 3. The second kappa shape index (κ2) is 8.33. The Morgan fingerprint density at radius 3 is 2.48 bits per heavy atom. The van der Waals surface area contributed by atoms with Crippen molar-refractivity contribution in [3.8, 4) is 17.2 Å². The molecular formula is C24H22FN5O3. The Morgan fingerprint density at radius 1 is 1.12 bits per heavy atom. The first-order chi connectivity index (χ1) is 15.9. The molecule has 0 radical (unpaired) electrons. The van der Waals surface area contributed by atoms with Crippen molar-refractivity contribution in [2.75, 3.05) is 5.43 Å². The smallest absolute Gasteiger partial charge is 0.164 e. The zero-order chi connectivity index (χ0) is 23.1. The predicted octanol–water partition coefficient (Wildman–Crippen LogP) is 3.31. The lowest BCUT2D eigenvalue weighted by molar-refractivity contribution is -0.0308. The number of ether oxygens (including phenoxy) is 1. The van der Waals surface area contributed by atoms with Crippen molar-refractivity contribution < 1.29 is 19.3 Å². The molecule has 8 nitrogen and oxygen atoms in total. The molecule has 168 valence electrons. The Kier molecular flexibility index (Phi) is 5.34. The van der Waals surface area contributed by atoms with Gasteiger partial charge in [-0.1, -0.05) is 12.1 Å². The molecule has 9 heteroatoms. The fourth-order valence-electron chi connectivity index (χ4n) is 4.17. The highest BCUT2D eigenvalue weighted by Crippen LogP contribution is 2.41. The van der Waals surface area contributed by atoms with Crippen molar-refractivity contribution in [1.29, 1.82) is 5.26 Å². The first-order valence-electron chi connectivity index (χ1n) is 10.5. The van der Waals surface area contributed by atoms with Gasteiger partial charge in [-0.05, 0) is 48.9 Å². The summed E-state index contributed by atoms with van der Waals surface area (Å²) in [6, 6.07) is 15.3. The van der Waals surface area contributed by atoms with E-state index in [4.69, 9.17) is 10.00 Å². The van der Waals surface area contributed by atoms with Crippen LogP contribution in [0.2, 0.25) is 0 Å². The van der Waals surface area contributed by atoms with Crippen LogP contribution in [-0.4, -0.2) is 44.4 Å². The minimum absolute atomic E-state index is 0.333. The minimum atomic E-state index is -1.11. The zero-order valence-corrected chi connectivity index (χ0v) is 17.8. The number of aromatic nitrogens is 1. The third kappa shape index (κ3) is 3.85. The molecule has 0 aliphatic carbocycles. The summed E-state index contributed by atoms with van der Waals surface area (Å²) in [6.07, 6.45) is 0.00534. The number of benzene rings is 2. The van der Waals surface area contributed by atoms with Crippen LogP contribution in [0.15, 0.2) is 59.7 Å². The van der Waals surface area contributed by atoms with E-state index in [1.165, 1.54) is 12.1 Å². The standard InChI is InChI=1S/C24H22FN5O3/c1-14-21(31)22(32)24(33-14)30-12-19(16-4-6-17(25)7-5-16)20-11-29(13-27-23(20)30)28-18-8-2-15(10-26)3-9-18/h2-9,12-14,21-22,24,28,31-32H,11H2,1H3/t14-,21-,22-,24-/m1/s1. The summed E-state index contributed by atoms with van der Waals surface area (Å²) in [4.78, 5) is 4.60. The van der Waals surface area contributed by atoms with Gasteiger partial charge in [-0.2, -0.15) is 5.26 Å². The quantitative estimate of drug-likeness (QED) is 0.567. The molecule has 3 heterocycles. The summed E-state index contributed by atoms with van der Waals surface area (Å²) < 4.78 is 21.1. The maximum atomic E-state index is 13.5. The monoisotopic (exact) mass is 447 g/mol. The number of fused-ring (bicyclic) bond motifs is 1. The molecule has 2 aromatic carbocycles. The van der Waals surface area contributed by atoms with Crippen LogP contribution in [0, 0.1) is 17.1 Å². The van der Waals surface area contributed by atoms with E-state index >= 15 is 0 Å². The summed E-state index contributed by atoms with van der Waals surface area (Å²) in [5.41, 5.74) is 7.07. The van der Waals surface area contributed by atoms with E-state index in [1.54, 1.807) is 59.2 Å². The van der Waals surface area contributed by atoms with E-state index in [9.17, 15) is 14.6 Å². The van der Waals surface area contributed by atoms with Crippen LogP contribution in [0.3, 0.4) is 0 Å². The Hall–Kier alpha value is -3.71. The lowest BCUT2D eigenvalue weighted by Gasteiger charge is -2.26. The summed E-state index contributed by atoms with van der Waals surface area (Å²) in [5.74, 6) is 0.262. The van der Waals surface area contributed by atoms with Crippen LogP contribution < -0.4 is 5.43 Å². The number of rotatable bonds is 4. The zero-order valence-electron chi connectivity index (χ0n) is 17.8. The Morgan fingerprint density at radius 2 is 1.85 bits per heavy atom. The molecule has 0 unspecified atom stereocenters. The molecule has 5 rings (SSSR count). The van der Waals surface area contributed by atoms with E-state index in [1.807, 2.05) is 6.20 Å². The second-order valence-electron chi connectivity index (χ2n) is 8.15. The number of nitrogens with one attached hydrogen (secondary N) is 1. The van der Waals surface area contributed by atoms with Crippen LogP contribution in [0.4, 0.5) is 15.9 Å². The van der Waals surface area contributed by atoms with Gasteiger partial charge in [-0.15, -0.1) is 0 Å². The van der Waals surface area contributed by atoms with Gasteiger partial charge in [0, 0.05) is 17.3 Å². The highest BCUT2D eigenvalue weighted by molar-refractivity contribution is 5.77. The van der Waals surface area contributed by atoms with Crippen LogP contribution >= 0.6 is 0 Å². The summed E-state index contributed by atoms with van der Waals surface area (Å²) in [5, 5.41) is 31.5. The minimum Gasteiger partial charge on any atom is -0.388 e.